The van der Waals surface area contributed by atoms with Crippen LogP contribution in [0.5, 0.6) is 0 Å². The molecule has 0 spiro atoms. The van der Waals surface area contributed by atoms with E-state index < -0.39 is 23.2 Å². The molecule has 3 aromatic heterocycles. The molecule has 2 aliphatic carbocycles. The molecule has 0 aliphatic heterocycles. The predicted octanol–water partition coefficient (Wildman–Crippen LogP) is 6.01. The Balaban J connectivity index is 1.45. The zero-order chi connectivity index (χ0) is 26.3. The molecule has 3 heterocycles. The molecular weight excluding hydrogens is 493 g/mol. The van der Waals surface area contributed by atoms with E-state index in [0.29, 0.717) is 37.1 Å². The van der Waals surface area contributed by atoms with Crippen LogP contribution in [0.2, 0.25) is 0 Å². The fourth-order valence-corrected chi connectivity index (χ4v) is 4.49. The summed E-state index contributed by atoms with van der Waals surface area (Å²) in [4.78, 5) is 21.0. The lowest BCUT2D eigenvalue weighted by Gasteiger charge is -2.13. The Hall–Kier alpha value is -3.75. The molecular formula is C25H22F5N7. The summed E-state index contributed by atoms with van der Waals surface area (Å²) in [6, 6.07) is 9.08. The summed E-state index contributed by atoms with van der Waals surface area (Å²) in [5.41, 5.74) is -0.637. The quantitative estimate of drug-likeness (QED) is 0.385. The van der Waals surface area contributed by atoms with Gasteiger partial charge in [-0.15, -0.1) is 0 Å². The number of hydrogen-bond donors (Lipinski definition) is 1. The van der Waals surface area contributed by atoms with Crippen LogP contribution in [-0.4, -0.2) is 30.8 Å². The Morgan fingerprint density at radius 3 is 2.54 bits per heavy atom. The number of pyridine rings is 2. The van der Waals surface area contributed by atoms with Crippen molar-refractivity contribution in [2.24, 2.45) is 5.92 Å². The van der Waals surface area contributed by atoms with Gasteiger partial charge in [0.15, 0.2) is 5.82 Å². The van der Waals surface area contributed by atoms with Crippen molar-refractivity contribution in [2.45, 2.75) is 62.5 Å². The van der Waals surface area contributed by atoms with Gasteiger partial charge in [0.25, 0.3) is 0 Å². The molecule has 12 heteroatoms. The maximum Gasteiger partial charge on any atom is 0.433 e. The van der Waals surface area contributed by atoms with E-state index >= 15 is 0 Å². The summed E-state index contributed by atoms with van der Waals surface area (Å²) in [6.07, 6.45) is -0.974. The van der Waals surface area contributed by atoms with Gasteiger partial charge in [-0.3, -0.25) is 4.98 Å². The Morgan fingerprint density at radius 1 is 1.05 bits per heavy atom. The summed E-state index contributed by atoms with van der Waals surface area (Å²) < 4.78 is 66.9. The van der Waals surface area contributed by atoms with E-state index in [2.05, 4.69) is 36.3 Å². The van der Waals surface area contributed by atoms with Gasteiger partial charge < -0.3 is 5.32 Å². The maximum atomic E-state index is 13.6. The second-order valence-corrected chi connectivity index (χ2v) is 9.56. The largest absolute Gasteiger partial charge is 0.433 e. The molecule has 0 unspecified atom stereocenters. The normalized spacial score (nSPS) is 19.8. The number of alkyl halides is 5. The van der Waals surface area contributed by atoms with E-state index in [-0.39, 0.29) is 48.5 Å². The molecule has 2 fully saturated rings. The SMILES string of the molecule is N#CC1(c2cc(Nc3nc(CC[C@H]4CCC(F)(F)C4)nc(-c4cccc(C(F)(F)F)n4)n3)ccn2)CC1. The van der Waals surface area contributed by atoms with Gasteiger partial charge >= 0.3 is 6.18 Å². The standard InChI is InChI=1S/C25H22F5N7/c26-24(27)8-6-15(13-24)4-5-20-35-21(17-2-1-3-18(34-17)25(28,29)30)37-22(36-20)33-16-7-11-32-19(12-16)23(14-31)9-10-23/h1-3,7,11-12,15H,4-6,8-10,13H2,(H,32,33,35,36,37)/t15-/m0/s1. The zero-order valence-electron chi connectivity index (χ0n) is 19.6. The molecule has 0 bridgehead atoms. The first-order valence-corrected chi connectivity index (χ1v) is 11.9. The molecule has 0 aromatic carbocycles. The third kappa shape index (κ3) is 5.65. The highest BCUT2D eigenvalue weighted by atomic mass is 19.4. The highest BCUT2D eigenvalue weighted by Gasteiger charge is 2.46. The van der Waals surface area contributed by atoms with Crippen LogP contribution in [0.1, 0.15) is 55.7 Å². The summed E-state index contributed by atoms with van der Waals surface area (Å²) in [5, 5.41) is 12.5. The third-order valence-electron chi connectivity index (χ3n) is 6.70. The number of aryl methyl sites for hydroxylation is 1. The smallest absolute Gasteiger partial charge is 0.324 e. The second-order valence-electron chi connectivity index (χ2n) is 9.56. The second kappa shape index (κ2) is 9.28. The number of aromatic nitrogens is 5. The van der Waals surface area contributed by atoms with E-state index in [1.54, 1.807) is 18.3 Å². The van der Waals surface area contributed by atoms with Gasteiger partial charge in [-0.05, 0) is 55.9 Å². The van der Waals surface area contributed by atoms with Crippen LogP contribution in [-0.2, 0) is 18.0 Å². The molecule has 1 atom stereocenters. The van der Waals surface area contributed by atoms with Crippen LogP contribution in [0.25, 0.3) is 11.5 Å². The van der Waals surface area contributed by atoms with Gasteiger partial charge in [-0.25, -0.2) is 18.7 Å². The van der Waals surface area contributed by atoms with Crippen molar-refractivity contribution in [1.82, 2.24) is 24.9 Å². The highest BCUT2D eigenvalue weighted by molar-refractivity contribution is 5.58. The third-order valence-corrected chi connectivity index (χ3v) is 6.70. The van der Waals surface area contributed by atoms with E-state index in [1.165, 1.54) is 12.1 Å². The van der Waals surface area contributed by atoms with Crippen molar-refractivity contribution < 1.29 is 22.0 Å². The molecule has 3 aromatic rings. The van der Waals surface area contributed by atoms with Gasteiger partial charge in [0.05, 0.1) is 17.2 Å². The summed E-state index contributed by atoms with van der Waals surface area (Å²) in [7, 11) is 0. The summed E-state index contributed by atoms with van der Waals surface area (Å²) in [6.45, 7) is 0. The number of rotatable bonds is 7. The van der Waals surface area contributed by atoms with Crippen LogP contribution in [0, 0.1) is 17.2 Å². The van der Waals surface area contributed by atoms with Crippen molar-refractivity contribution in [3.8, 4) is 17.6 Å². The number of hydrogen-bond acceptors (Lipinski definition) is 7. The molecule has 192 valence electrons. The van der Waals surface area contributed by atoms with Gasteiger partial charge in [-0.2, -0.15) is 28.4 Å². The average Bonchev–Trinajstić information content (AvgIpc) is 3.59. The lowest BCUT2D eigenvalue weighted by Crippen LogP contribution is -2.12. The maximum absolute atomic E-state index is 13.6. The number of nitriles is 1. The predicted molar refractivity (Wildman–Crippen MR) is 123 cm³/mol. The Bertz CT molecular complexity index is 1350. The molecule has 1 N–H and O–H groups in total. The number of halogens is 5. The fraction of sp³-hybridized carbons (Fsp3) is 0.440. The first-order valence-electron chi connectivity index (χ1n) is 11.9. The van der Waals surface area contributed by atoms with Gasteiger partial charge in [-0.1, -0.05) is 6.07 Å². The van der Waals surface area contributed by atoms with Crippen molar-refractivity contribution in [3.63, 3.8) is 0 Å². The zero-order valence-corrected chi connectivity index (χ0v) is 19.6. The minimum Gasteiger partial charge on any atom is -0.324 e. The van der Waals surface area contributed by atoms with Crippen molar-refractivity contribution in [2.75, 3.05) is 5.32 Å². The molecule has 0 radical (unpaired) electrons. The summed E-state index contributed by atoms with van der Waals surface area (Å²) in [5.74, 6) is -2.62. The molecule has 0 amide bonds. The Morgan fingerprint density at radius 2 is 1.86 bits per heavy atom. The Labute approximate surface area is 209 Å². The van der Waals surface area contributed by atoms with E-state index in [1.807, 2.05) is 0 Å². The summed E-state index contributed by atoms with van der Waals surface area (Å²) >= 11 is 0. The van der Waals surface area contributed by atoms with Crippen molar-refractivity contribution in [3.05, 3.63) is 53.7 Å². The minimum atomic E-state index is -4.65. The first-order chi connectivity index (χ1) is 17.6. The minimum absolute atomic E-state index is 0.0647. The number of nitrogens with one attached hydrogen (secondary N) is 1. The van der Waals surface area contributed by atoms with Crippen LogP contribution >= 0.6 is 0 Å². The lowest BCUT2D eigenvalue weighted by atomic mass is 10.0. The van der Waals surface area contributed by atoms with Gasteiger partial charge in [0.1, 0.15) is 17.2 Å². The van der Waals surface area contributed by atoms with E-state index in [0.717, 1.165) is 6.07 Å². The fourth-order valence-electron chi connectivity index (χ4n) is 4.49. The van der Waals surface area contributed by atoms with Gasteiger partial charge in [0, 0.05) is 31.1 Å². The van der Waals surface area contributed by atoms with Crippen molar-refractivity contribution in [1.29, 1.82) is 5.26 Å². The number of nitrogens with zero attached hydrogens (tertiary/aromatic N) is 6. The average molecular weight is 515 g/mol. The monoisotopic (exact) mass is 515 g/mol. The van der Waals surface area contributed by atoms with Crippen LogP contribution in [0.4, 0.5) is 33.6 Å². The molecule has 37 heavy (non-hydrogen) atoms. The van der Waals surface area contributed by atoms with Crippen LogP contribution in [0.15, 0.2) is 36.5 Å². The van der Waals surface area contributed by atoms with Crippen LogP contribution < -0.4 is 5.32 Å². The lowest BCUT2D eigenvalue weighted by molar-refractivity contribution is -0.141. The topological polar surface area (TPSA) is 100 Å². The molecule has 0 saturated heterocycles. The first kappa shape index (κ1) is 24.9. The van der Waals surface area contributed by atoms with Crippen LogP contribution in [0.3, 0.4) is 0 Å². The molecule has 2 saturated carbocycles. The van der Waals surface area contributed by atoms with Crippen molar-refractivity contribution >= 4 is 11.6 Å². The van der Waals surface area contributed by atoms with E-state index in [9.17, 15) is 27.2 Å². The Kier molecular flexibility index (Phi) is 6.25. The van der Waals surface area contributed by atoms with E-state index in [4.69, 9.17) is 0 Å². The molecule has 7 nitrogen and oxygen atoms in total. The van der Waals surface area contributed by atoms with Gasteiger partial charge in [0.2, 0.25) is 11.9 Å². The molecule has 5 rings (SSSR count). The number of anilines is 2. The highest BCUT2D eigenvalue weighted by Crippen LogP contribution is 2.47. The molecule has 2 aliphatic rings.